The van der Waals surface area contributed by atoms with E-state index < -0.39 is 6.10 Å². The van der Waals surface area contributed by atoms with E-state index in [0.717, 1.165) is 109 Å². The number of hydrogen-bond acceptors (Lipinski definition) is 6. The third-order valence-electron chi connectivity index (χ3n) is 13.7. The number of rotatable bonds is 58. The maximum atomic E-state index is 12.9. The van der Waals surface area contributed by atoms with Gasteiger partial charge in [0.25, 0.3) is 0 Å². The lowest BCUT2D eigenvalue weighted by molar-refractivity contribution is -0.167. The summed E-state index contributed by atoms with van der Waals surface area (Å²) < 4.78 is 16.9. The van der Waals surface area contributed by atoms with Gasteiger partial charge < -0.3 is 14.2 Å². The third kappa shape index (κ3) is 62.8. The highest BCUT2D eigenvalue weighted by atomic mass is 16.6. The first-order chi connectivity index (χ1) is 38.0. The Morgan fingerprint density at radius 3 is 0.779 bits per heavy atom. The highest BCUT2D eigenvalue weighted by Gasteiger charge is 2.19. The second-order valence-electron chi connectivity index (χ2n) is 21.3. The number of carbonyl (C=O) groups excluding carboxylic acids is 3. The summed E-state index contributed by atoms with van der Waals surface area (Å²) in [6, 6.07) is 0. The van der Waals surface area contributed by atoms with Crippen molar-refractivity contribution in [3.63, 3.8) is 0 Å². The second-order valence-corrected chi connectivity index (χ2v) is 21.3. The van der Waals surface area contributed by atoms with Gasteiger partial charge in [0, 0.05) is 19.3 Å². The van der Waals surface area contributed by atoms with Crippen LogP contribution in [-0.2, 0) is 28.6 Å². The van der Waals surface area contributed by atoms with E-state index in [9.17, 15) is 14.4 Å². The average molecular weight is 1070 g/mol. The molecule has 0 unspecified atom stereocenters. The van der Waals surface area contributed by atoms with Gasteiger partial charge in [0.05, 0.1) is 0 Å². The molecular weight excluding hydrogens is 949 g/mol. The standard InChI is InChI=1S/C71H120O6/c1-4-7-10-13-16-19-22-25-28-31-34-35-38-41-44-47-50-53-56-59-62-65-71(74)77-68(66-75-69(72)63-60-57-54-51-48-45-42-39-36-32-29-26-23-20-17-14-11-8-5-2)67-76-70(73)64-61-58-55-52-49-46-43-40-37-33-30-27-24-21-18-15-12-9-6-3/h17-18,20-21,25-30,36-37,39-40,45-46,48-49,68H,4-16,19,22-24,31-35,38,41-44,47,50-67H2,1-3H3/b20-17-,21-18-,28-25-,29-26-,30-27-,39-36-,40-37-,48-45-,49-46-. The summed E-state index contributed by atoms with van der Waals surface area (Å²) in [4.78, 5) is 38.4. The maximum absolute atomic E-state index is 12.9. The molecule has 0 heterocycles. The highest BCUT2D eigenvalue weighted by molar-refractivity contribution is 5.71. The van der Waals surface area contributed by atoms with Gasteiger partial charge in [-0.15, -0.1) is 0 Å². The van der Waals surface area contributed by atoms with Crippen molar-refractivity contribution >= 4 is 17.9 Å². The molecular formula is C71H120O6. The smallest absolute Gasteiger partial charge is 0.306 e. The van der Waals surface area contributed by atoms with Crippen molar-refractivity contribution in [1.29, 1.82) is 0 Å². The van der Waals surface area contributed by atoms with Crippen LogP contribution in [0, 0.1) is 0 Å². The average Bonchev–Trinajstić information content (AvgIpc) is 3.43. The van der Waals surface area contributed by atoms with Crippen molar-refractivity contribution in [3.8, 4) is 0 Å². The molecule has 0 aliphatic heterocycles. The van der Waals surface area contributed by atoms with Crippen molar-refractivity contribution < 1.29 is 28.6 Å². The summed E-state index contributed by atoms with van der Waals surface area (Å²) in [5.74, 6) is -0.957. The van der Waals surface area contributed by atoms with E-state index in [1.165, 1.54) is 154 Å². The number of hydrogen-bond donors (Lipinski definition) is 0. The lowest BCUT2D eigenvalue weighted by Gasteiger charge is -2.18. The molecule has 0 atom stereocenters. The van der Waals surface area contributed by atoms with E-state index in [1.807, 2.05) is 0 Å². The summed E-state index contributed by atoms with van der Waals surface area (Å²) in [5, 5.41) is 0. The van der Waals surface area contributed by atoms with Crippen LogP contribution in [0.1, 0.15) is 303 Å². The van der Waals surface area contributed by atoms with Gasteiger partial charge in [0.1, 0.15) is 13.2 Å². The van der Waals surface area contributed by atoms with Gasteiger partial charge in [0.2, 0.25) is 0 Å². The molecule has 0 spiro atoms. The Bertz CT molecular complexity index is 1470. The highest BCUT2D eigenvalue weighted by Crippen LogP contribution is 2.15. The molecule has 0 aromatic rings. The summed E-state index contributed by atoms with van der Waals surface area (Å²) >= 11 is 0. The Labute approximate surface area is 476 Å². The van der Waals surface area contributed by atoms with Crippen LogP contribution in [-0.4, -0.2) is 37.2 Å². The van der Waals surface area contributed by atoms with E-state index in [1.54, 1.807) is 0 Å². The molecule has 0 radical (unpaired) electrons. The van der Waals surface area contributed by atoms with Gasteiger partial charge in [-0.05, 0) is 135 Å². The summed E-state index contributed by atoms with van der Waals surface area (Å²) in [5.41, 5.74) is 0. The molecule has 0 bridgehead atoms. The van der Waals surface area contributed by atoms with Crippen LogP contribution in [0.2, 0.25) is 0 Å². The van der Waals surface area contributed by atoms with E-state index in [-0.39, 0.29) is 31.1 Å². The normalized spacial score (nSPS) is 12.5. The van der Waals surface area contributed by atoms with E-state index in [2.05, 4.69) is 130 Å². The Morgan fingerprint density at radius 1 is 0.260 bits per heavy atom. The van der Waals surface area contributed by atoms with Gasteiger partial charge in [-0.3, -0.25) is 14.4 Å². The number of carbonyl (C=O) groups is 3. The molecule has 0 aliphatic rings. The monoisotopic (exact) mass is 1070 g/mol. The SMILES string of the molecule is CCCCC/C=C\C/C=C\C/C=C\C/C=C\CCCCCC(=O)OCC(COC(=O)CCCCC/C=C\C/C=C\C/C=C\C/C=C\CCCCC)OC(=O)CCCCCCCCCCCCC/C=C\CCCCCCCC. The van der Waals surface area contributed by atoms with Gasteiger partial charge in [-0.2, -0.15) is 0 Å². The van der Waals surface area contributed by atoms with Crippen LogP contribution >= 0.6 is 0 Å². The Morgan fingerprint density at radius 2 is 0.468 bits per heavy atom. The summed E-state index contributed by atoms with van der Waals surface area (Å²) in [6.07, 6.45) is 88.0. The first kappa shape index (κ1) is 73.1. The largest absolute Gasteiger partial charge is 0.462 e. The Hall–Kier alpha value is -3.93. The number of esters is 3. The van der Waals surface area contributed by atoms with Crippen molar-refractivity contribution in [2.75, 3.05) is 13.2 Å². The molecule has 77 heavy (non-hydrogen) atoms. The van der Waals surface area contributed by atoms with Crippen LogP contribution in [0.25, 0.3) is 0 Å². The van der Waals surface area contributed by atoms with Gasteiger partial charge >= 0.3 is 17.9 Å². The number of ether oxygens (including phenoxy) is 3. The predicted molar refractivity (Wildman–Crippen MR) is 334 cm³/mol. The van der Waals surface area contributed by atoms with Crippen LogP contribution in [0.15, 0.2) is 109 Å². The van der Waals surface area contributed by atoms with Crippen molar-refractivity contribution in [3.05, 3.63) is 109 Å². The zero-order chi connectivity index (χ0) is 55.7. The van der Waals surface area contributed by atoms with E-state index in [0.29, 0.717) is 19.3 Å². The molecule has 0 aromatic heterocycles. The van der Waals surface area contributed by atoms with Crippen molar-refractivity contribution in [1.82, 2.24) is 0 Å². The van der Waals surface area contributed by atoms with Gasteiger partial charge in [0.15, 0.2) is 6.10 Å². The maximum Gasteiger partial charge on any atom is 0.306 e. The molecule has 440 valence electrons. The lowest BCUT2D eigenvalue weighted by Crippen LogP contribution is -2.30. The Balaban J connectivity index is 4.49. The molecule has 0 N–H and O–H groups in total. The number of unbranched alkanes of at least 4 members (excludes halogenated alkanes) is 29. The minimum Gasteiger partial charge on any atom is -0.462 e. The summed E-state index contributed by atoms with van der Waals surface area (Å²) in [6.45, 7) is 6.55. The zero-order valence-electron chi connectivity index (χ0n) is 50.4. The minimum absolute atomic E-state index is 0.106. The predicted octanol–water partition coefficient (Wildman–Crippen LogP) is 22.2. The quantitative estimate of drug-likeness (QED) is 0.0261. The van der Waals surface area contributed by atoms with Crippen molar-refractivity contribution in [2.24, 2.45) is 0 Å². The fraction of sp³-hybridized carbons (Fsp3) is 0.704. The first-order valence-corrected chi connectivity index (χ1v) is 32.4. The topological polar surface area (TPSA) is 78.9 Å². The summed E-state index contributed by atoms with van der Waals surface area (Å²) in [7, 11) is 0. The molecule has 0 saturated carbocycles. The molecule has 0 aromatic carbocycles. The van der Waals surface area contributed by atoms with Gasteiger partial charge in [-0.25, -0.2) is 0 Å². The molecule has 0 saturated heterocycles. The molecule has 0 rings (SSSR count). The van der Waals surface area contributed by atoms with Crippen LogP contribution in [0.4, 0.5) is 0 Å². The molecule has 0 amide bonds. The number of allylic oxidation sites excluding steroid dienone is 18. The molecule has 6 heteroatoms. The molecule has 0 aliphatic carbocycles. The zero-order valence-corrected chi connectivity index (χ0v) is 50.4. The third-order valence-corrected chi connectivity index (χ3v) is 13.7. The Kier molecular flexibility index (Phi) is 61.3. The van der Waals surface area contributed by atoms with Crippen LogP contribution in [0.5, 0.6) is 0 Å². The second kappa shape index (κ2) is 64.6. The minimum atomic E-state index is -0.809. The van der Waals surface area contributed by atoms with Crippen LogP contribution < -0.4 is 0 Å². The fourth-order valence-electron chi connectivity index (χ4n) is 8.82. The van der Waals surface area contributed by atoms with Crippen molar-refractivity contribution in [2.45, 2.75) is 309 Å². The fourth-order valence-corrected chi connectivity index (χ4v) is 8.82. The molecule has 6 nitrogen and oxygen atoms in total. The van der Waals surface area contributed by atoms with Crippen LogP contribution in [0.3, 0.4) is 0 Å². The van der Waals surface area contributed by atoms with Gasteiger partial charge in [-0.1, -0.05) is 259 Å². The first-order valence-electron chi connectivity index (χ1n) is 32.4. The molecule has 0 fully saturated rings. The van der Waals surface area contributed by atoms with E-state index >= 15 is 0 Å². The lowest BCUT2D eigenvalue weighted by atomic mass is 10.0. The van der Waals surface area contributed by atoms with E-state index in [4.69, 9.17) is 14.2 Å².